The minimum Gasteiger partial charge on any atom is -0.360 e. The Hall–Kier alpha value is -1.04. The molecular weight excluding hydrogens is 173 g/mol. The summed E-state index contributed by atoms with van der Waals surface area (Å²) in [5.74, 6) is 0.259. The van der Waals surface area contributed by atoms with Gasteiger partial charge in [0.1, 0.15) is 0 Å². The highest BCUT2D eigenvalue weighted by atomic mass is 19.4. The van der Waals surface area contributed by atoms with Gasteiger partial charge in [-0.3, -0.25) is 0 Å². The quantitative estimate of drug-likeness (QED) is 0.744. The van der Waals surface area contributed by atoms with Crippen molar-refractivity contribution in [1.29, 1.82) is 0 Å². The van der Waals surface area contributed by atoms with E-state index in [1.807, 2.05) is 0 Å². The number of alkyl halides is 3. The van der Waals surface area contributed by atoms with Crippen molar-refractivity contribution >= 4 is 0 Å². The molecule has 0 unspecified atom stereocenters. The van der Waals surface area contributed by atoms with Gasteiger partial charge in [0.25, 0.3) is 0 Å². The monoisotopic (exact) mass is 180 g/mol. The Kier molecular flexibility index (Phi) is 2.37. The van der Waals surface area contributed by atoms with E-state index in [9.17, 15) is 13.2 Å². The highest BCUT2D eigenvalue weighted by Gasteiger charge is 2.29. The number of halogens is 3. The zero-order valence-electron chi connectivity index (χ0n) is 6.06. The molecule has 1 aromatic heterocycles. The van der Waals surface area contributed by atoms with E-state index in [0.717, 1.165) is 0 Å². The maximum absolute atomic E-state index is 11.7. The molecule has 2 N–H and O–H groups in total. The fourth-order valence-corrected chi connectivity index (χ4v) is 0.741. The van der Waals surface area contributed by atoms with Gasteiger partial charge in [-0.15, -0.1) is 0 Å². The van der Waals surface area contributed by atoms with Gasteiger partial charge in [0.05, 0.1) is 18.7 Å². The first kappa shape index (κ1) is 9.05. The average Bonchev–Trinajstić information content (AvgIpc) is 2.32. The fourth-order valence-electron chi connectivity index (χ4n) is 0.741. The molecule has 1 rings (SSSR count). The number of hydrogen-bond acceptors (Lipinski definition) is 3. The molecule has 6 heteroatoms. The van der Waals surface area contributed by atoms with Gasteiger partial charge < -0.3 is 10.3 Å². The highest BCUT2D eigenvalue weighted by molar-refractivity contribution is 5.05. The molecule has 0 spiro atoms. The average molecular weight is 180 g/mol. The van der Waals surface area contributed by atoms with Gasteiger partial charge in [-0.1, -0.05) is 5.16 Å². The lowest BCUT2D eigenvalue weighted by molar-refractivity contribution is -0.128. The molecule has 0 bridgehead atoms. The topological polar surface area (TPSA) is 52.0 Å². The minimum atomic E-state index is -4.25. The lowest BCUT2D eigenvalue weighted by Crippen LogP contribution is -2.11. The molecule has 0 aliphatic rings. The SMILES string of the molecule is NCc1cc(CC(F)(F)F)no1. The third kappa shape index (κ3) is 2.54. The Morgan fingerprint density at radius 3 is 2.58 bits per heavy atom. The summed E-state index contributed by atoms with van der Waals surface area (Å²) in [5, 5.41) is 3.20. The molecule has 12 heavy (non-hydrogen) atoms. The molecule has 0 fully saturated rings. The van der Waals surface area contributed by atoms with E-state index >= 15 is 0 Å². The van der Waals surface area contributed by atoms with E-state index in [4.69, 9.17) is 5.73 Å². The van der Waals surface area contributed by atoms with Crippen molar-refractivity contribution in [2.24, 2.45) is 5.73 Å². The second-order valence-corrected chi connectivity index (χ2v) is 2.28. The summed E-state index contributed by atoms with van der Waals surface area (Å²) < 4.78 is 39.7. The van der Waals surface area contributed by atoms with Gasteiger partial charge in [0, 0.05) is 6.07 Å². The van der Waals surface area contributed by atoms with Crippen molar-refractivity contribution in [2.45, 2.75) is 19.1 Å². The van der Waals surface area contributed by atoms with E-state index in [1.165, 1.54) is 6.07 Å². The molecule has 0 saturated carbocycles. The molecule has 68 valence electrons. The van der Waals surface area contributed by atoms with E-state index in [-0.39, 0.29) is 18.0 Å². The maximum atomic E-state index is 11.7. The summed E-state index contributed by atoms with van der Waals surface area (Å²) in [4.78, 5) is 0. The summed E-state index contributed by atoms with van der Waals surface area (Å²) in [5.41, 5.74) is 4.98. The molecule has 3 nitrogen and oxygen atoms in total. The van der Waals surface area contributed by atoms with Crippen LogP contribution in [0.15, 0.2) is 10.6 Å². The number of aromatic nitrogens is 1. The first-order chi connectivity index (χ1) is 5.51. The third-order valence-corrected chi connectivity index (χ3v) is 1.19. The normalized spacial score (nSPS) is 12.0. The molecule has 0 saturated heterocycles. The van der Waals surface area contributed by atoms with Crippen molar-refractivity contribution in [1.82, 2.24) is 5.16 Å². The van der Waals surface area contributed by atoms with Crippen LogP contribution in [0.25, 0.3) is 0 Å². The number of nitrogens with zero attached hydrogens (tertiary/aromatic N) is 1. The molecule has 0 aromatic carbocycles. The van der Waals surface area contributed by atoms with Crippen LogP contribution >= 0.6 is 0 Å². The molecule has 0 radical (unpaired) electrons. The second kappa shape index (κ2) is 3.14. The predicted octanol–water partition coefficient (Wildman–Crippen LogP) is 1.24. The van der Waals surface area contributed by atoms with Gasteiger partial charge in [0.2, 0.25) is 0 Å². The number of rotatable bonds is 2. The Labute approximate surface area is 66.3 Å². The number of hydrogen-bond donors (Lipinski definition) is 1. The van der Waals surface area contributed by atoms with E-state index in [0.29, 0.717) is 0 Å². The third-order valence-electron chi connectivity index (χ3n) is 1.19. The van der Waals surface area contributed by atoms with E-state index < -0.39 is 12.6 Å². The van der Waals surface area contributed by atoms with Crippen LogP contribution < -0.4 is 5.73 Å². The highest BCUT2D eigenvalue weighted by Crippen LogP contribution is 2.20. The van der Waals surface area contributed by atoms with Crippen LogP contribution in [-0.4, -0.2) is 11.3 Å². The van der Waals surface area contributed by atoms with Crippen molar-refractivity contribution in [3.63, 3.8) is 0 Å². The first-order valence-electron chi connectivity index (χ1n) is 3.22. The summed E-state index contributed by atoms with van der Waals surface area (Å²) in [6, 6.07) is 1.20. The van der Waals surface area contributed by atoms with E-state index in [1.54, 1.807) is 0 Å². The van der Waals surface area contributed by atoms with Crippen molar-refractivity contribution < 1.29 is 17.7 Å². The standard InChI is InChI=1S/C6H7F3N2O/c7-6(8,9)2-4-1-5(3-10)12-11-4/h1H,2-3,10H2. The lowest BCUT2D eigenvalue weighted by Gasteiger charge is -2.00. The minimum absolute atomic E-state index is 0.0604. The van der Waals surface area contributed by atoms with Gasteiger partial charge in [-0.25, -0.2) is 0 Å². The Balaban J connectivity index is 2.64. The molecule has 0 aliphatic carbocycles. The van der Waals surface area contributed by atoms with Gasteiger partial charge in [-0.2, -0.15) is 13.2 Å². The van der Waals surface area contributed by atoms with Crippen LogP contribution in [0, 0.1) is 0 Å². The summed E-state index contributed by atoms with van der Waals surface area (Å²) >= 11 is 0. The van der Waals surface area contributed by atoms with Crippen LogP contribution in [0.3, 0.4) is 0 Å². The smallest absolute Gasteiger partial charge is 0.360 e. The van der Waals surface area contributed by atoms with Crippen LogP contribution in [0.4, 0.5) is 13.2 Å². The number of nitrogens with two attached hydrogens (primary N) is 1. The molecule has 1 aromatic rings. The summed E-state index contributed by atoms with van der Waals surface area (Å²) in [6.45, 7) is 0.0604. The predicted molar refractivity (Wildman–Crippen MR) is 34.2 cm³/mol. The molecule has 1 heterocycles. The van der Waals surface area contributed by atoms with Gasteiger partial charge in [-0.05, 0) is 0 Å². The van der Waals surface area contributed by atoms with Gasteiger partial charge >= 0.3 is 6.18 Å². The Morgan fingerprint density at radius 2 is 2.17 bits per heavy atom. The zero-order chi connectivity index (χ0) is 9.19. The molecular formula is C6H7F3N2O. The van der Waals surface area contributed by atoms with Gasteiger partial charge in [0.15, 0.2) is 5.76 Å². The Morgan fingerprint density at radius 1 is 1.50 bits per heavy atom. The molecule has 0 atom stereocenters. The largest absolute Gasteiger partial charge is 0.394 e. The zero-order valence-corrected chi connectivity index (χ0v) is 6.06. The molecule has 0 amide bonds. The van der Waals surface area contributed by atoms with Crippen molar-refractivity contribution in [2.75, 3.05) is 0 Å². The molecule has 0 aliphatic heterocycles. The maximum Gasteiger partial charge on any atom is 0.394 e. The lowest BCUT2D eigenvalue weighted by atomic mass is 10.3. The van der Waals surface area contributed by atoms with Crippen LogP contribution in [0.2, 0.25) is 0 Å². The van der Waals surface area contributed by atoms with E-state index in [2.05, 4.69) is 9.68 Å². The van der Waals surface area contributed by atoms with Crippen LogP contribution in [0.1, 0.15) is 11.5 Å². The van der Waals surface area contributed by atoms with Crippen LogP contribution in [0.5, 0.6) is 0 Å². The fraction of sp³-hybridized carbons (Fsp3) is 0.500. The van der Waals surface area contributed by atoms with Crippen molar-refractivity contribution in [3.05, 3.63) is 17.5 Å². The Bertz CT molecular complexity index is 256. The first-order valence-corrected chi connectivity index (χ1v) is 3.22. The summed E-state index contributed by atoms with van der Waals surface area (Å²) in [6.07, 6.45) is -5.32. The second-order valence-electron chi connectivity index (χ2n) is 2.28. The van der Waals surface area contributed by atoms with Crippen molar-refractivity contribution in [3.8, 4) is 0 Å². The summed E-state index contributed by atoms with van der Waals surface area (Å²) in [7, 11) is 0. The van der Waals surface area contributed by atoms with Crippen LogP contribution in [-0.2, 0) is 13.0 Å².